The molecule has 112 valence electrons. The van der Waals surface area contributed by atoms with Crippen molar-refractivity contribution in [2.75, 3.05) is 31.3 Å². The second kappa shape index (κ2) is 7.04. The highest BCUT2D eigenvalue weighted by Crippen LogP contribution is 2.38. The Balaban J connectivity index is 3.65. The molecule has 1 rings (SSSR count). The van der Waals surface area contributed by atoms with E-state index in [1.54, 1.807) is 0 Å². The van der Waals surface area contributed by atoms with Gasteiger partial charge in [-0.05, 0) is 6.42 Å². The Morgan fingerprint density at radius 1 is 0.850 bits per heavy atom. The van der Waals surface area contributed by atoms with E-state index in [0.717, 1.165) is 0 Å². The second-order valence-corrected chi connectivity index (χ2v) is 4.29. The Bertz CT molecular complexity index is 471. The van der Waals surface area contributed by atoms with E-state index >= 15 is 0 Å². The van der Waals surface area contributed by atoms with Crippen LogP contribution in [0.25, 0.3) is 0 Å². The largest absolute Gasteiger partial charge is 0.398 e. The second-order valence-electron chi connectivity index (χ2n) is 4.29. The standard InChI is InChI=1S/C12H19N3O5/c13-10-7(1-4-16)11(14)9(3-6-18)12(15(19)20)8(10)2-5-17/h16-18H,1-6,13-14H2. The third kappa shape index (κ3) is 2.98. The van der Waals surface area contributed by atoms with E-state index in [9.17, 15) is 10.1 Å². The van der Waals surface area contributed by atoms with Gasteiger partial charge in [0.15, 0.2) is 0 Å². The predicted octanol–water partition coefficient (Wildman–Crippen LogP) is -0.636. The summed E-state index contributed by atoms with van der Waals surface area (Å²) in [6, 6.07) is 0. The minimum atomic E-state index is -0.606. The van der Waals surface area contributed by atoms with E-state index in [0.29, 0.717) is 5.56 Å². The first kappa shape index (κ1) is 16.2. The lowest BCUT2D eigenvalue weighted by atomic mass is 9.92. The Kier molecular flexibility index (Phi) is 5.68. The van der Waals surface area contributed by atoms with Crippen molar-refractivity contribution in [3.8, 4) is 0 Å². The van der Waals surface area contributed by atoms with Crippen molar-refractivity contribution in [2.45, 2.75) is 19.3 Å². The van der Waals surface area contributed by atoms with Crippen LogP contribution in [-0.2, 0) is 19.3 Å². The molecule has 8 heteroatoms. The van der Waals surface area contributed by atoms with E-state index in [1.807, 2.05) is 0 Å². The van der Waals surface area contributed by atoms with Crippen molar-refractivity contribution < 1.29 is 20.2 Å². The summed E-state index contributed by atoms with van der Waals surface area (Å²) in [4.78, 5) is 10.6. The molecule has 8 nitrogen and oxygen atoms in total. The van der Waals surface area contributed by atoms with Crippen molar-refractivity contribution in [1.82, 2.24) is 0 Å². The zero-order chi connectivity index (χ0) is 15.3. The van der Waals surface area contributed by atoms with Gasteiger partial charge < -0.3 is 26.8 Å². The first-order valence-corrected chi connectivity index (χ1v) is 6.18. The molecule has 20 heavy (non-hydrogen) atoms. The van der Waals surface area contributed by atoms with Crippen LogP contribution in [0.1, 0.15) is 16.7 Å². The van der Waals surface area contributed by atoms with E-state index in [4.69, 9.17) is 26.8 Å². The maximum absolute atomic E-state index is 11.2. The number of hydrogen-bond acceptors (Lipinski definition) is 7. The molecule has 0 aliphatic carbocycles. The van der Waals surface area contributed by atoms with Gasteiger partial charge in [-0.3, -0.25) is 10.1 Å². The molecule has 0 saturated carbocycles. The summed E-state index contributed by atoms with van der Waals surface area (Å²) < 4.78 is 0. The van der Waals surface area contributed by atoms with E-state index in [1.165, 1.54) is 0 Å². The fraction of sp³-hybridized carbons (Fsp3) is 0.500. The number of aliphatic hydroxyl groups is 3. The number of rotatable bonds is 7. The number of nitro groups is 1. The first-order valence-electron chi connectivity index (χ1n) is 6.18. The lowest BCUT2D eigenvalue weighted by Gasteiger charge is -2.17. The van der Waals surface area contributed by atoms with E-state index in [-0.39, 0.29) is 67.3 Å². The van der Waals surface area contributed by atoms with Crippen LogP contribution >= 0.6 is 0 Å². The zero-order valence-electron chi connectivity index (χ0n) is 11.0. The molecule has 0 heterocycles. The molecule has 7 N–H and O–H groups in total. The predicted molar refractivity (Wildman–Crippen MR) is 74.3 cm³/mol. The number of anilines is 2. The number of hydrogen-bond donors (Lipinski definition) is 5. The summed E-state index contributed by atoms with van der Waals surface area (Å²) in [5, 5.41) is 38.4. The van der Waals surface area contributed by atoms with Crippen molar-refractivity contribution in [3.05, 3.63) is 26.8 Å². The minimum Gasteiger partial charge on any atom is -0.398 e. The number of aliphatic hydroxyl groups excluding tert-OH is 3. The van der Waals surface area contributed by atoms with Crippen molar-refractivity contribution >= 4 is 17.1 Å². The molecule has 0 saturated heterocycles. The molecule has 0 bridgehead atoms. The van der Waals surface area contributed by atoms with Gasteiger partial charge in [0.25, 0.3) is 5.69 Å². The number of nitrogen functional groups attached to an aromatic ring is 2. The van der Waals surface area contributed by atoms with Gasteiger partial charge >= 0.3 is 0 Å². The van der Waals surface area contributed by atoms with Gasteiger partial charge in [-0.1, -0.05) is 0 Å². The number of benzene rings is 1. The lowest BCUT2D eigenvalue weighted by Crippen LogP contribution is -2.14. The smallest absolute Gasteiger partial charge is 0.280 e. The van der Waals surface area contributed by atoms with Crippen LogP contribution in [0.3, 0.4) is 0 Å². The maximum atomic E-state index is 11.2. The summed E-state index contributed by atoms with van der Waals surface area (Å²) in [7, 11) is 0. The van der Waals surface area contributed by atoms with Gasteiger partial charge in [0.1, 0.15) is 0 Å². The SMILES string of the molecule is Nc1c(CCO)c(N)c(CCO)c([N+](=O)[O-])c1CCO. The third-order valence-corrected chi connectivity index (χ3v) is 3.14. The molecular formula is C12H19N3O5. The lowest BCUT2D eigenvalue weighted by molar-refractivity contribution is -0.386. The molecule has 0 amide bonds. The molecule has 0 fully saturated rings. The normalized spacial score (nSPS) is 10.8. The summed E-state index contributed by atoms with van der Waals surface area (Å²) >= 11 is 0. The van der Waals surface area contributed by atoms with Crippen molar-refractivity contribution in [1.29, 1.82) is 0 Å². The summed E-state index contributed by atoms with van der Waals surface area (Å²) in [6.07, 6.45) is 0.186. The molecule has 0 unspecified atom stereocenters. The highest BCUT2D eigenvalue weighted by molar-refractivity contribution is 5.77. The number of nitro benzene ring substituents is 1. The third-order valence-electron chi connectivity index (χ3n) is 3.14. The zero-order valence-corrected chi connectivity index (χ0v) is 11.0. The molecular weight excluding hydrogens is 266 g/mol. The Morgan fingerprint density at radius 3 is 1.50 bits per heavy atom. The molecule has 1 aromatic carbocycles. The highest BCUT2D eigenvalue weighted by Gasteiger charge is 2.27. The highest BCUT2D eigenvalue weighted by atomic mass is 16.6. The first-order chi connectivity index (χ1) is 9.49. The van der Waals surface area contributed by atoms with Crippen LogP contribution in [0, 0.1) is 10.1 Å². The number of nitrogens with two attached hydrogens (primary N) is 2. The summed E-state index contributed by atoms with van der Waals surface area (Å²) in [6.45, 7) is -0.804. The van der Waals surface area contributed by atoms with Crippen LogP contribution in [-0.4, -0.2) is 40.1 Å². The average molecular weight is 285 g/mol. The molecule has 0 aliphatic rings. The molecule has 1 aromatic rings. The van der Waals surface area contributed by atoms with Gasteiger partial charge in [0, 0.05) is 49.6 Å². The van der Waals surface area contributed by atoms with Gasteiger partial charge in [0.05, 0.1) is 16.1 Å². The molecule has 0 spiro atoms. The quantitative estimate of drug-likeness (QED) is 0.253. The van der Waals surface area contributed by atoms with Gasteiger partial charge in [0.2, 0.25) is 0 Å². The van der Waals surface area contributed by atoms with E-state index in [2.05, 4.69) is 0 Å². The topological polar surface area (TPSA) is 156 Å². The van der Waals surface area contributed by atoms with Gasteiger partial charge in [-0.2, -0.15) is 0 Å². The van der Waals surface area contributed by atoms with Crippen molar-refractivity contribution in [3.63, 3.8) is 0 Å². The Morgan fingerprint density at radius 2 is 1.20 bits per heavy atom. The molecule has 0 radical (unpaired) electrons. The molecule has 0 aromatic heterocycles. The average Bonchev–Trinajstić information content (AvgIpc) is 2.40. The fourth-order valence-electron chi connectivity index (χ4n) is 2.28. The van der Waals surface area contributed by atoms with Crippen LogP contribution in [0.15, 0.2) is 0 Å². The maximum Gasteiger partial charge on any atom is 0.280 e. The van der Waals surface area contributed by atoms with Crippen LogP contribution < -0.4 is 11.5 Å². The van der Waals surface area contributed by atoms with Crippen LogP contribution in [0.4, 0.5) is 17.1 Å². The number of nitrogens with zero attached hydrogens (tertiary/aromatic N) is 1. The summed E-state index contributed by atoms with van der Waals surface area (Å²) in [5.74, 6) is 0. The fourth-order valence-corrected chi connectivity index (χ4v) is 2.28. The van der Waals surface area contributed by atoms with Crippen molar-refractivity contribution in [2.24, 2.45) is 0 Å². The minimum absolute atomic E-state index is 0.0132. The van der Waals surface area contributed by atoms with E-state index < -0.39 is 4.92 Å². The summed E-state index contributed by atoms with van der Waals surface area (Å²) in [5.41, 5.74) is 12.6. The Hall–Kier alpha value is -1.90. The van der Waals surface area contributed by atoms with Gasteiger partial charge in [-0.15, -0.1) is 0 Å². The monoisotopic (exact) mass is 285 g/mol. The molecule has 0 atom stereocenters. The van der Waals surface area contributed by atoms with Crippen LogP contribution in [0.5, 0.6) is 0 Å². The Labute approximate surface area is 115 Å². The van der Waals surface area contributed by atoms with Gasteiger partial charge in [-0.25, -0.2) is 0 Å². The molecule has 0 aliphatic heterocycles. The van der Waals surface area contributed by atoms with Crippen LogP contribution in [0.2, 0.25) is 0 Å².